The molecule has 6 rings (SSSR count). The van der Waals surface area contributed by atoms with Gasteiger partial charge in [-0.1, -0.05) is 18.2 Å². The molecular formula is C33H29F3N4O5S. The third-order valence-electron chi connectivity index (χ3n) is 8.23. The maximum atomic E-state index is 14.1. The Morgan fingerprint density at radius 1 is 0.913 bits per heavy atom. The number of pyridine rings is 1. The lowest BCUT2D eigenvalue weighted by molar-refractivity contribution is -0.197. The summed E-state index contributed by atoms with van der Waals surface area (Å²) in [7, 11) is -1.24. The van der Waals surface area contributed by atoms with Crippen molar-refractivity contribution in [3.63, 3.8) is 0 Å². The number of alkyl halides is 3. The summed E-state index contributed by atoms with van der Waals surface area (Å²) in [6, 6.07) is 20.8. The van der Waals surface area contributed by atoms with E-state index < -0.39 is 27.7 Å². The van der Waals surface area contributed by atoms with Gasteiger partial charge in [0.1, 0.15) is 11.5 Å². The number of hydrogen-bond donors (Lipinski definition) is 0. The smallest absolute Gasteiger partial charge is 0.391 e. The van der Waals surface area contributed by atoms with Crippen LogP contribution in [-0.4, -0.2) is 43.3 Å². The minimum atomic E-state index is -4.22. The van der Waals surface area contributed by atoms with E-state index in [1.165, 1.54) is 54.4 Å². The van der Waals surface area contributed by atoms with Gasteiger partial charge in [-0.15, -0.1) is 0 Å². The molecule has 0 spiro atoms. The Balaban J connectivity index is 1.37. The molecule has 2 heterocycles. The van der Waals surface area contributed by atoms with Gasteiger partial charge < -0.3 is 9.47 Å². The average molecular weight is 651 g/mol. The molecule has 0 aliphatic heterocycles. The summed E-state index contributed by atoms with van der Waals surface area (Å²) in [4.78, 5) is 21.5. The maximum Gasteiger partial charge on any atom is 0.391 e. The molecule has 3 aromatic carbocycles. The Morgan fingerprint density at radius 3 is 2.28 bits per heavy atom. The summed E-state index contributed by atoms with van der Waals surface area (Å²) in [6.07, 6.45) is -1.31. The first-order valence-corrected chi connectivity index (χ1v) is 15.8. The zero-order valence-corrected chi connectivity index (χ0v) is 25.6. The van der Waals surface area contributed by atoms with Crippen molar-refractivity contribution in [3.8, 4) is 17.2 Å². The molecule has 0 radical (unpaired) electrons. The fourth-order valence-electron chi connectivity index (χ4n) is 5.63. The van der Waals surface area contributed by atoms with Crippen molar-refractivity contribution < 1.29 is 31.1 Å². The predicted octanol–water partition coefficient (Wildman–Crippen LogP) is 6.25. The standard InChI is InChI=1S/C33H29F3N4O5S/c1-44-26-8-4-21(5-9-26)20-39(32-37-14-3-15-38-32)46(42,43)27-10-12-28-23(18-27)7-13-31(41)40(28)29-11-6-22(19-30(29)45-2)24-16-25(17-24)33(34,35)36/h3-15,18-19,24-25H,16-17,20H2,1-2H3. The number of fused-ring (bicyclic) bond motifs is 1. The molecule has 1 aliphatic rings. The van der Waals surface area contributed by atoms with Gasteiger partial charge in [-0.25, -0.2) is 22.7 Å². The van der Waals surface area contributed by atoms with Crippen LogP contribution >= 0.6 is 0 Å². The first kappa shape index (κ1) is 31.1. The van der Waals surface area contributed by atoms with E-state index in [0.717, 1.165) is 4.31 Å². The quantitative estimate of drug-likeness (QED) is 0.186. The lowest BCUT2D eigenvalue weighted by Gasteiger charge is -2.37. The monoisotopic (exact) mass is 650 g/mol. The molecule has 1 aliphatic carbocycles. The highest BCUT2D eigenvalue weighted by Crippen LogP contribution is 2.50. The highest BCUT2D eigenvalue weighted by molar-refractivity contribution is 7.92. The van der Waals surface area contributed by atoms with Crippen LogP contribution in [0.4, 0.5) is 19.1 Å². The molecule has 0 saturated heterocycles. The molecule has 1 fully saturated rings. The van der Waals surface area contributed by atoms with Crippen LogP contribution < -0.4 is 19.3 Å². The van der Waals surface area contributed by atoms with E-state index in [0.29, 0.717) is 39.2 Å². The zero-order valence-electron chi connectivity index (χ0n) is 24.8. The van der Waals surface area contributed by atoms with Crippen LogP contribution in [0.1, 0.15) is 29.9 Å². The van der Waals surface area contributed by atoms with Crippen LogP contribution in [0.15, 0.2) is 101 Å². The predicted molar refractivity (Wildman–Crippen MR) is 166 cm³/mol. The fraction of sp³-hybridized carbons (Fsp3) is 0.242. The van der Waals surface area contributed by atoms with Crippen LogP contribution in [0.5, 0.6) is 11.5 Å². The Morgan fingerprint density at radius 2 is 1.63 bits per heavy atom. The van der Waals surface area contributed by atoms with Crippen molar-refractivity contribution in [1.29, 1.82) is 0 Å². The third-order valence-corrected chi connectivity index (χ3v) is 9.95. The van der Waals surface area contributed by atoms with Gasteiger partial charge in [0.25, 0.3) is 15.6 Å². The Labute approximate surface area is 262 Å². The molecule has 0 amide bonds. The lowest BCUT2D eigenvalue weighted by atomic mass is 9.71. The number of halogens is 3. The molecular weight excluding hydrogens is 621 g/mol. The van der Waals surface area contributed by atoms with Crippen molar-refractivity contribution in [2.45, 2.75) is 36.4 Å². The number of ether oxygens (including phenoxy) is 2. The number of rotatable bonds is 9. The van der Waals surface area contributed by atoms with Crippen molar-refractivity contribution in [2.75, 3.05) is 18.5 Å². The molecule has 0 atom stereocenters. The number of nitrogens with zero attached hydrogens (tertiary/aromatic N) is 4. The van der Waals surface area contributed by atoms with Crippen LogP contribution in [0, 0.1) is 5.92 Å². The molecule has 0 unspecified atom stereocenters. The Kier molecular flexibility index (Phi) is 8.19. The van der Waals surface area contributed by atoms with Crippen molar-refractivity contribution in [2.24, 2.45) is 5.92 Å². The first-order valence-electron chi connectivity index (χ1n) is 14.3. The van der Waals surface area contributed by atoms with Crippen molar-refractivity contribution in [1.82, 2.24) is 14.5 Å². The molecule has 2 aromatic heterocycles. The van der Waals surface area contributed by atoms with E-state index in [1.807, 2.05) is 0 Å². The van der Waals surface area contributed by atoms with Gasteiger partial charge in [0.15, 0.2) is 0 Å². The molecule has 5 aromatic rings. The maximum absolute atomic E-state index is 14.1. The van der Waals surface area contributed by atoms with E-state index in [2.05, 4.69) is 9.97 Å². The third kappa shape index (κ3) is 5.89. The molecule has 0 bridgehead atoms. The molecule has 238 valence electrons. The number of anilines is 1. The number of methoxy groups -OCH3 is 2. The second kappa shape index (κ2) is 12.1. The molecule has 46 heavy (non-hydrogen) atoms. The summed E-state index contributed by atoms with van der Waals surface area (Å²) in [5.74, 6) is -0.664. The first-order chi connectivity index (χ1) is 22.0. The summed E-state index contributed by atoms with van der Waals surface area (Å²) >= 11 is 0. The summed E-state index contributed by atoms with van der Waals surface area (Å²) in [5, 5.41) is 0.456. The molecule has 1 saturated carbocycles. The largest absolute Gasteiger partial charge is 0.497 e. The second-order valence-corrected chi connectivity index (χ2v) is 12.8. The van der Waals surface area contributed by atoms with Crippen LogP contribution in [0.25, 0.3) is 16.6 Å². The fourth-order valence-corrected chi connectivity index (χ4v) is 7.03. The van der Waals surface area contributed by atoms with Gasteiger partial charge in [0.05, 0.1) is 42.8 Å². The lowest BCUT2D eigenvalue weighted by Crippen LogP contribution is -2.34. The van der Waals surface area contributed by atoms with E-state index in [9.17, 15) is 26.4 Å². The van der Waals surface area contributed by atoms with Crippen molar-refractivity contribution in [3.05, 3.63) is 113 Å². The van der Waals surface area contributed by atoms with Crippen LogP contribution in [0.2, 0.25) is 0 Å². The zero-order chi connectivity index (χ0) is 32.6. The highest BCUT2D eigenvalue weighted by atomic mass is 32.2. The van der Waals surface area contributed by atoms with E-state index >= 15 is 0 Å². The molecule has 0 N–H and O–H groups in total. The summed E-state index contributed by atoms with van der Waals surface area (Å²) in [5.41, 5.74) is 1.77. The number of hydrogen-bond acceptors (Lipinski definition) is 7. The summed E-state index contributed by atoms with van der Waals surface area (Å²) in [6.45, 7) is -0.0534. The van der Waals surface area contributed by atoms with Gasteiger partial charge in [-0.2, -0.15) is 13.2 Å². The van der Waals surface area contributed by atoms with Crippen LogP contribution in [-0.2, 0) is 16.6 Å². The van der Waals surface area contributed by atoms with Gasteiger partial charge in [-0.3, -0.25) is 9.36 Å². The molecule has 9 nitrogen and oxygen atoms in total. The SMILES string of the molecule is COc1ccc(CN(c2ncccn2)S(=O)(=O)c2ccc3c(ccc(=O)n3-c3ccc(C4CC(C(F)(F)F)C4)cc3OC)c2)cc1. The average Bonchev–Trinajstić information content (AvgIpc) is 3.02. The second-order valence-electron chi connectivity index (χ2n) is 11.0. The van der Waals surface area contributed by atoms with Crippen LogP contribution in [0.3, 0.4) is 0 Å². The Bertz CT molecular complexity index is 2050. The van der Waals surface area contributed by atoms with Gasteiger partial charge in [-0.05, 0) is 84.5 Å². The Hall–Kier alpha value is -4.91. The van der Waals surface area contributed by atoms with E-state index in [4.69, 9.17) is 9.47 Å². The number of sulfonamides is 1. The molecule has 13 heteroatoms. The normalized spacial score (nSPS) is 16.5. The van der Waals surface area contributed by atoms with Gasteiger partial charge >= 0.3 is 6.18 Å². The number of benzene rings is 3. The van der Waals surface area contributed by atoms with Gasteiger partial charge in [0.2, 0.25) is 5.95 Å². The van der Waals surface area contributed by atoms with E-state index in [-0.39, 0.29) is 36.1 Å². The van der Waals surface area contributed by atoms with Gasteiger partial charge in [0, 0.05) is 23.8 Å². The topological polar surface area (TPSA) is 104 Å². The number of aromatic nitrogens is 3. The van der Waals surface area contributed by atoms with Crippen molar-refractivity contribution >= 4 is 26.9 Å². The highest BCUT2D eigenvalue weighted by Gasteiger charge is 2.48. The minimum absolute atomic E-state index is 0.000964. The summed E-state index contributed by atoms with van der Waals surface area (Å²) < 4.78 is 80.7. The minimum Gasteiger partial charge on any atom is -0.497 e. The van der Waals surface area contributed by atoms with E-state index in [1.54, 1.807) is 55.6 Å².